The standard InChI is InChI=1S/2C18H33NO3/c1-4-5-6-7-8-9-10-11-12-13-14-15-17(20)19-16(2)18(21)22-3;1-3-5-6-7-8-9-10-11-12-13-14-15-17(20)19-16(4-2)18(21)22/h2,4-15H2,1,3H3,(H,19,20);4H,3,5-15H2,1-2H3,(H,19,20)(H,21,22). The van der Waals surface area contributed by atoms with E-state index in [9.17, 15) is 19.2 Å². The van der Waals surface area contributed by atoms with E-state index in [2.05, 4.69) is 35.8 Å². The number of amides is 2. The molecule has 0 aromatic carbocycles. The summed E-state index contributed by atoms with van der Waals surface area (Å²) in [6.07, 6.45) is 29.7. The first-order valence-corrected chi connectivity index (χ1v) is 17.5. The summed E-state index contributed by atoms with van der Waals surface area (Å²) in [6.45, 7) is 9.55. The lowest BCUT2D eigenvalue weighted by Crippen LogP contribution is -2.27. The molecule has 8 nitrogen and oxygen atoms in total. The molecule has 3 N–H and O–H groups in total. The Morgan fingerprint density at radius 3 is 1.20 bits per heavy atom. The molecule has 0 saturated heterocycles. The molecule has 0 atom stereocenters. The zero-order chi connectivity index (χ0) is 33.3. The van der Waals surface area contributed by atoms with E-state index in [1.165, 1.54) is 122 Å². The maximum Gasteiger partial charge on any atom is 0.353 e. The monoisotopic (exact) mass is 622 g/mol. The second-order valence-corrected chi connectivity index (χ2v) is 11.6. The van der Waals surface area contributed by atoms with Gasteiger partial charge in [0, 0.05) is 12.8 Å². The number of carbonyl (C=O) groups excluding carboxylic acids is 3. The third-order valence-electron chi connectivity index (χ3n) is 7.53. The number of rotatable bonds is 28. The number of ether oxygens (including phenoxy) is 1. The third kappa shape index (κ3) is 30.8. The van der Waals surface area contributed by atoms with Crippen molar-refractivity contribution < 1.29 is 29.0 Å². The van der Waals surface area contributed by atoms with E-state index in [1.807, 2.05) is 0 Å². The minimum Gasteiger partial charge on any atom is -0.477 e. The molecule has 0 aliphatic rings. The van der Waals surface area contributed by atoms with Crippen LogP contribution in [-0.2, 0) is 23.9 Å². The van der Waals surface area contributed by atoms with Crippen molar-refractivity contribution in [2.24, 2.45) is 0 Å². The Hall–Kier alpha value is -2.64. The van der Waals surface area contributed by atoms with E-state index in [0.717, 1.165) is 32.1 Å². The largest absolute Gasteiger partial charge is 0.477 e. The fourth-order valence-corrected chi connectivity index (χ4v) is 4.77. The molecule has 0 saturated carbocycles. The summed E-state index contributed by atoms with van der Waals surface area (Å²) in [7, 11) is 1.27. The van der Waals surface area contributed by atoms with Crippen LogP contribution in [0, 0.1) is 0 Å². The van der Waals surface area contributed by atoms with Gasteiger partial charge in [0.1, 0.15) is 11.4 Å². The number of unbranched alkanes of at least 4 members (excludes halogenated alkanes) is 20. The topological polar surface area (TPSA) is 122 Å². The van der Waals surface area contributed by atoms with E-state index in [0.29, 0.717) is 12.8 Å². The van der Waals surface area contributed by atoms with E-state index >= 15 is 0 Å². The van der Waals surface area contributed by atoms with Crippen LogP contribution in [0.4, 0.5) is 0 Å². The summed E-state index contributed by atoms with van der Waals surface area (Å²) in [5, 5.41) is 13.7. The van der Waals surface area contributed by atoms with Crippen LogP contribution in [0.3, 0.4) is 0 Å². The van der Waals surface area contributed by atoms with Crippen LogP contribution in [0.15, 0.2) is 24.0 Å². The molecule has 0 unspecified atom stereocenters. The molecule has 0 aromatic rings. The van der Waals surface area contributed by atoms with Gasteiger partial charge in [-0.15, -0.1) is 0 Å². The van der Waals surface area contributed by atoms with Crippen LogP contribution < -0.4 is 10.6 Å². The average Bonchev–Trinajstić information content (AvgIpc) is 3.00. The molecule has 0 aliphatic heterocycles. The molecule has 0 aliphatic carbocycles. The summed E-state index contributed by atoms with van der Waals surface area (Å²) >= 11 is 0. The predicted octanol–water partition coefficient (Wildman–Crippen LogP) is 9.28. The minimum atomic E-state index is -1.09. The number of carboxylic acids is 1. The van der Waals surface area contributed by atoms with Crippen molar-refractivity contribution in [1.82, 2.24) is 10.6 Å². The normalized spacial score (nSPS) is 10.9. The lowest BCUT2D eigenvalue weighted by atomic mass is 10.1. The predicted molar refractivity (Wildman–Crippen MR) is 181 cm³/mol. The van der Waals surface area contributed by atoms with E-state index in [4.69, 9.17) is 5.11 Å². The number of esters is 1. The number of hydrogen-bond donors (Lipinski definition) is 3. The molecule has 44 heavy (non-hydrogen) atoms. The maximum absolute atomic E-state index is 11.6. The van der Waals surface area contributed by atoms with Gasteiger partial charge in [0.15, 0.2) is 0 Å². The van der Waals surface area contributed by atoms with Gasteiger partial charge in [-0.1, -0.05) is 155 Å². The highest BCUT2D eigenvalue weighted by molar-refractivity contribution is 5.93. The average molecular weight is 623 g/mol. The first kappa shape index (κ1) is 43.5. The van der Waals surface area contributed by atoms with Crippen LogP contribution in [0.25, 0.3) is 0 Å². The van der Waals surface area contributed by atoms with Crippen molar-refractivity contribution in [3.8, 4) is 0 Å². The minimum absolute atomic E-state index is 0.00979. The summed E-state index contributed by atoms with van der Waals surface area (Å²) in [6, 6.07) is 0. The van der Waals surface area contributed by atoms with Gasteiger partial charge in [-0.3, -0.25) is 9.59 Å². The second-order valence-electron chi connectivity index (χ2n) is 11.6. The lowest BCUT2D eigenvalue weighted by molar-refractivity contribution is -0.137. The Labute approximate surface area is 269 Å². The van der Waals surface area contributed by atoms with Gasteiger partial charge in [-0.2, -0.15) is 0 Å². The van der Waals surface area contributed by atoms with Gasteiger partial charge in [0.05, 0.1) is 7.11 Å². The number of allylic oxidation sites excluding steroid dienone is 1. The highest BCUT2D eigenvalue weighted by Gasteiger charge is 2.10. The Morgan fingerprint density at radius 2 is 0.909 bits per heavy atom. The second kappa shape index (κ2) is 33.3. The van der Waals surface area contributed by atoms with Crippen LogP contribution in [0.1, 0.15) is 175 Å². The maximum atomic E-state index is 11.6. The number of carbonyl (C=O) groups is 4. The highest BCUT2D eigenvalue weighted by Crippen LogP contribution is 2.13. The molecular formula is C36H66N2O6. The van der Waals surface area contributed by atoms with Gasteiger partial charge in [-0.05, 0) is 19.8 Å². The van der Waals surface area contributed by atoms with Crippen molar-refractivity contribution in [2.75, 3.05) is 7.11 Å². The molecule has 8 heteroatoms. The molecule has 2 amide bonds. The van der Waals surface area contributed by atoms with Crippen LogP contribution in [0.2, 0.25) is 0 Å². The molecule has 0 rings (SSSR count). The Kier molecular flexibility index (Phi) is 32.9. The summed E-state index contributed by atoms with van der Waals surface area (Å²) < 4.78 is 4.47. The number of nitrogens with one attached hydrogen (secondary N) is 2. The first-order valence-electron chi connectivity index (χ1n) is 17.5. The van der Waals surface area contributed by atoms with Crippen molar-refractivity contribution in [2.45, 2.75) is 175 Å². The van der Waals surface area contributed by atoms with Gasteiger partial charge in [0.25, 0.3) is 0 Å². The Balaban J connectivity index is 0. The fraction of sp³-hybridized carbons (Fsp3) is 0.778. The van der Waals surface area contributed by atoms with Crippen molar-refractivity contribution in [3.05, 3.63) is 24.0 Å². The molecule has 0 radical (unpaired) electrons. The quantitative estimate of drug-likeness (QED) is 0.0454. The van der Waals surface area contributed by atoms with Gasteiger partial charge < -0.3 is 20.5 Å². The zero-order valence-corrected chi connectivity index (χ0v) is 28.7. The molecule has 0 bridgehead atoms. The number of aliphatic carboxylic acids is 1. The number of methoxy groups -OCH3 is 1. The van der Waals surface area contributed by atoms with E-state index in [1.54, 1.807) is 6.92 Å². The molecule has 0 heterocycles. The molecule has 0 aromatic heterocycles. The third-order valence-corrected chi connectivity index (χ3v) is 7.53. The Morgan fingerprint density at radius 1 is 0.591 bits per heavy atom. The SMILES string of the molecule is C=C(NC(=O)CCCCCCCCCCCCC)C(=O)OC.CC=C(NC(=O)CCCCCCCCCCCCC)C(=O)O. The fourth-order valence-electron chi connectivity index (χ4n) is 4.77. The smallest absolute Gasteiger partial charge is 0.353 e. The van der Waals surface area contributed by atoms with Crippen molar-refractivity contribution in [1.29, 1.82) is 0 Å². The van der Waals surface area contributed by atoms with E-state index in [-0.39, 0.29) is 23.2 Å². The van der Waals surface area contributed by atoms with Crippen molar-refractivity contribution >= 4 is 23.8 Å². The van der Waals surface area contributed by atoms with Gasteiger partial charge in [0.2, 0.25) is 11.8 Å². The summed E-state index contributed by atoms with van der Waals surface area (Å²) in [5.74, 6) is -2.04. The lowest BCUT2D eigenvalue weighted by Gasteiger charge is -2.06. The van der Waals surface area contributed by atoms with Crippen molar-refractivity contribution in [3.63, 3.8) is 0 Å². The summed E-state index contributed by atoms with van der Waals surface area (Å²) in [5.41, 5.74) is -0.0244. The highest BCUT2D eigenvalue weighted by atomic mass is 16.5. The number of hydrogen-bond acceptors (Lipinski definition) is 5. The van der Waals surface area contributed by atoms with E-state index < -0.39 is 11.9 Å². The molecule has 256 valence electrons. The molecular weight excluding hydrogens is 556 g/mol. The molecule has 0 fully saturated rings. The Bertz CT molecular complexity index is 793. The van der Waals surface area contributed by atoms with Crippen LogP contribution >= 0.6 is 0 Å². The number of carboxylic acid groups (broad SMARTS) is 1. The molecule has 0 spiro atoms. The van der Waals surface area contributed by atoms with Crippen LogP contribution in [-0.4, -0.2) is 36.0 Å². The zero-order valence-electron chi connectivity index (χ0n) is 28.7. The van der Waals surface area contributed by atoms with Gasteiger partial charge >= 0.3 is 11.9 Å². The first-order chi connectivity index (χ1) is 21.2. The van der Waals surface area contributed by atoms with Gasteiger partial charge in [-0.25, -0.2) is 9.59 Å². The van der Waals surface area contributed by atoms with Crippen LogP contribution in [0.5, 0.6) is 0 Å². The summed E-state index contributed by atoms with van der Waals surface area (Å²) in [4.78, 5) is 44.9.